The summed E-state index contributed by atoms with van der Waals surface area (Å²) >= 11 is 0. The first-order valence-corrected chi connectivity index (χ1v) is 25.0. The minimum absolute atomic E-state index is 0.0612. The van der Waals surface area contributed by atoms with Crippen LogP contribution in [-0.2, 0) is 38.7 Å². The average Bonchev–Trinajstić information content (AvgIpc) is 3.25. The van der Waals surface area contributed by atoms with Crippen molar-refractivity contribution in [3.05, 3.63) is 97.2 Å². The Morgan fingerprint density at radius 3 is 1.67 bits per heavy atom. The molecule has 358 valence electrons. The molecule has 0 aliphatic carbocycles. The number of unbranched alkanes of at least 4 members (excludes halogenated alkanes) is 13. The number of carbonyl (C=O) groups excluding carboxylic acids is 2. The third-order valence-corrected chi connectivity index (χ3v) is 10.8. The third-order valence-electron chi connectivity index (χ3n) is 10.0. The Hall–Kier alpha value is -3.43. The van der Waals surface area contributed by atoms with E-state index in [0.29, 0.717) is 19.3 Å². The van der Waals surface area contributed by atoms with Gasteiger partial charge in [-0.3, -0.25) is 14.1 Å². The molecular weight excluding hydrogens is 825 g/mol. The van der Waals surface area contributed by atoms with Crippen LogP contribution in [0, 0.1) is 0 Å². The van der Waals surface area contributed by atoms with E-state index in [4.69, 9.17) is 18.9 Å². The molecule has 3 unspecified atom stereocenters. The van der Waals surface area contributed by atoms with E-state index in [1.54, 1.807) is 0 Å². The fourth-order valence-corrected chi connectivity index (χ4v) is 7.11. The SMILES string of the molecule is CC/C=C/C=C/C=C/C=C/C=C/CCCC(=O)OC(COC(=O)CCCCCCCCCCC/C=C/C/C=C/C/C=C/CCCCC)CO[C@H]1O[C@H](CS(=O)(=O)O)[C@@H](O)C(O)C1O. The average molecular weight is 905 g/mol. The summed E-state index contributed by atoms with van der Waals surface area (Å²) in [6.45, 7) is 3.51. The van der Waals surface area contributed by atoms with Gasteiger partial charge in [-0.2, -0.15) is 8.42 Å². The second kappa shape index (κ2) is 39.0. The zero-order valence-corrected chi connectivity index (χ0v) is 39.0. The van der Waals surface area contributed by atoms with Crippen molar-refractivity contribution < 1.29 is 56.8 Å². The van der Waals surface area contributed by atoms with E-state index < -0.39 is 71.2 Å². The minimum atomic E-state index is -4.62. The Bertz CT molecular complexity index is 1530. The summed E-state index contributed by atoms with van der Waals surface area (Å²) in [7, 11) is -4.62. The molecule has 1 heterocycles. The first-order chi connectivity index (χ1) is 30.5. The van der Waals surface area contributed by atoms with Gasteiger partial charge in [0.1, 0.15) is 36.8 Å². The molecule has 0 saturated carbocycles. The molecule has 63 heavy (non-hydrogen) atoms. The van der Waals surface area contributed by atoms with E-state index in [-0.39, 0.29) is 19.4 Å². The van der Waals surface area contributed by atoms with Gasteiger partial charge in [0.2, 0.25) is 0 Å². The van der Waals surface area contributed by atoms with Gasteiger partial charge in [-0.25, -0.2) is 0 Å². The van der Waals surface area contributed by atoms with Gasteiger partial charge >= 0.3 is 11.9 Å². The number of aliphatic hydroxyl groups excluding tert-OH is 3. The van der Waals surface area contributed by atoms with Crippen LogP contribution in [0.25, 0.3) is 0 Å². The van der Waals surface area contributed by atoms with Crippen molar-refractivity contribution in [1.82, 2.24) is 0 Å². The summed E-state index contributed by atoms with van der Waals surface area (Å²) in [6, 6.07) is 0. The first-order valence-electron chi connectivity index (χ1n) is 23.4. The van der Waals surface area contributed by atoms with Gasteiger partial charge in [-0.05, 0) is 64.2 Å². The monoisotopic (exact) mass is 905 g/mol. The number of ether oxygens (including phenoxy) is 4. The minimum Gasteiger partial charge on any atom is -0.462 e. The smallest absolute Gasteiger partial charge is 0.306 e. The zero-order chi connectivity index (χ0) is 46.2. The van der Waals surface area contributed by atoms with Crippen molar-refractivity contribution in [3.63, 3.8) is 0 Å². The Morgan fingerprint density at radius 1 is 0.571 bits per heavy atom. The van der Waals surface area contributed by atoms with Crippen molar-refractivity contribution in [2.75, 3.05) is 19.0 Å². The summed E-state index contributed by atoms with van der Waals surface area (Å²) in [5.41, 5.74) is 0. The number of hydrogen-bond acceptors (Lipinski definition) is 11. The van der Waals surface area contributed by atoms with E-state index in [9.17, 15) is 37.9 Å². The number of rotatable bonds is 37. The molecule has 12 nitrogen and oxygen atoms in total. The van der Waals surface area contributed by atoms with Gasteiger partial charge < -0.3 is 34.3 Å². The molecule has 0 bridgehead atoms. The van der Waals surface area contributed by atoms with Gasteiger partial charge in [-0.1, -0.05) is 169 Å². The molecule has 0 spiro atoms. The number of aliphatic hydroxyl groups is 3. The van der Waals surface area contributed by atoms with Crippen LogP contribution in [0.4, 0.5) is 0 Å². The van der Waals surface area contributed by atoms with Crippen molar-refractivity contribution in [1.29, 1.82) is 0 Å². The molecule has 1 aliphatic heterocycles. The van der Waals surface area contributed by atoms with E-state index in [1.807, 2.05) is 54.7 Å². The lowest BCUT2D eigenvalue weighted by atomic mass is 10.00. The number of carbonyl (C=O) groups is 2. The summed E-state index contributed by atoms with van der Waals surface area (Å²) < 4.78 is 54.0. The number of esters is 2. The Labute approximate surface area is 379 Å². The highest BCUT2D eigenvalue weighted by molar-refractivity contribution is 7.85. The van der Waals surface area contributed by atoms with Crippen LogP contribution >= 0.6 is 0 Å². The highest BCUT2D eigenvalue weighted by atomic mass is 32.2. The molecule has 1 rings (SSSR count). The van der Waals surface area contributed by atoms with Crippen LogP contribution in [0.15, 0.2) is 97.2 Å². The largest absolute Gasteiger partial charge is 0.462 e. The molecule has 0 aromatic heterocycles. The molecule has 1 aliphatic rings. The van der Waals surface area contributed by atoms with Crippen molar-refractivity contribution in [3.8, 4) is 0 Å². The molecule has 1 fully saturated rings. The molecule has 13 heteroatoms. The zero-order valence-electron chi connectivity index (χ0n) is 38.1. The Morgan fingerprint density at radius 2 is 1.08 bits per heavy atom. The Kier molecular flexibility index (Phi) is 35.6. The second-order valence-corrected chi connectivity index (χ2v) is 17.3. The predicted octanol–water partition coefficient (Wildman–Crippen LogP) is 9.83. The molecule has 0 aromatic carbocycles. The standard InChI is InChI=1S/C50H80O12S/c1-3-5-7-9-11-13-15-17-18-19-20-21-22-23-24-25-27-28-30-32-34-36-38-45(51)59-40-43(41-60-50-49(55)48(54)47(53)44(62-50)42-63(56,57)58)61-46(52)39-37-35-33-31-29-26-16-14-12-10-8-6-4-2/h6,8,10-14,16-18,20-21,26,29,31,33,43-44,47-50,53-55H,3-5,7,9,15,19,22-25,27-28,30,32,34-42H2,1-2H3,(H,56,57,58)/b8-6+,12-10+,13-11+,16-14+,18-17+,21-20+,29-26+,33-31+/t43?,44-,47-,48?,49?,50+/m1/s1. The van der Waals surface area contributed by atoms with Gasteiger partial charge in [0, 0.05) is 12.8 Å². The lowest BCUT2D eigenvalue weighted by Crippen LogP contribution is -2.60. The van der Waals surface area contributed by atoms with Gasteiger partial charge in [-0.15, -0.1) is 0 Å². The quantitative estimate of drug-likeness (QED) is 0.0152. The van der Waals surface area contributed by atoms with Crippen LogP contribution in [0.1, 0.15) is 149 Å². The van der Waals surface area contributed by atoms with Crippen molar-refractivity contribution in [2.24, 2.45) is 0 Å². The van der Waals surface area contributed by atoms with Crippen LogP contribution in [0.2, 0.25) is 0 Å². The summed E-state index contributed by atoms with van der Waals surface area (Å²) in [4.78, 5) is 25.4. The lowest BCUT2D eigenvalue weighted by Gasteiger charge is -2.40. The highest BCUT2D eigenvalue weighted by Gasteiger charge is 2.46. The first kappa shape index (κ1) is 57.6. The Balaban J connectivity index is 2.43. The molecule has 4 N–H and O–H groups in total. The molecule has 0 radical (unpaired) electrons. The van der Waals surface area contributed by atoms with E-state index in [2.05, 4.69) is 56.4 Å². The van der Waals surface area contributed by atoms with E-state index >= 15 is 0 Å². The maximum absolute atomic E-state index is 12.8. The van der Waals surface area contributed by atoms with Crippen molar-refractivity contribution >= 4 is 22.1 Å². The number of allylic oxidation sites excluding steroid dienone is 16. The molecular formula is C50H80O12S. The highest BCUT2D eigenvalue weighted by Crippen LogP contribution is 2.24. The van der Waals surface area contributed by atoms with Gasteiger partial charge in [0.15, 0.2) is 12.4 Å². The van der Waals surface area contributed by atoms with Crippen molar-refractivity contribution in [2.45, 2.75) is 185 Å². The van der Waals surface area contributed by atoms with Crippen LogP contribution in [0.5, 0.6) is 0 Å². The number of hydrogen-bond donors (Lipinski definition) is 4. The van der Waals surface area contributed by atoms with E-state index in [0.717, 1.165) is 51.4 Å². The van der Waals surface area contributed by atoms with Crippen LogP contribution in [-0.4, -0.2) is 96.0 Å². The summed E-state index contributed by atoms with van der Waals surface area (Å²) in [5, 5.41) is 30.9. The normalized spacial score (nSPS) is 20.6. The fourth-order valence-electron chi connectivity index (χ4n) is 6.42. The molecule has 0 aromatic rings. The van der Waals surface area contributed by atoms with Gasteiger partial charge in [0.25, 0.3) is 10.1 Å². The second-order valence-electron chi connectivity index (χ2n) is 15.8. The summed E-state index contributed by atoms with van der Waals surface area (Å²) in [6.07, 6.45) is 43.2. The fraction of sp³-hybridized carbons (Fsp3) is 0.640. The predicted molar refractivity (Wildman–Crippen MR) is 251 cm³/mol. The van der Waals surface area contributed by atoms with Crippen LogP contribution in [0.3, 0.4) is 0 Å². The maximum atomic E-state index is 12.8. The molecule has 1 saturated heterocycles. The third kappa shape index (κ3) is 33.7. The lowest BCUT2D eigenvalue weighted by molar-refractivity contribution is -0.297. The van der Waals surface area contributed by atoms with Gasteiger partial charge in [0.05, 0.1) is 6.61 Å². The maximum Gasteiger partial charge on any atom is 0.306 e. The summed E-state index contributed by atoms with van der Waals surface area (Å²) in [5.74, 6) is -2.10. The van der Waals surface area contributed by atoms with Crippen LogP contribution < -0.4 is 0 Å². The topological polar surface area (TPSA) is 186 Å². The molecule has 6 atom stereocenters. The molecule has 0 amide bonds. The van der Waals surface area contributed by atoms with E-state index in [1.165, 1.54) is 51.4 Å².